The van der Waals surface area contributed by atoms with Gasteiger partial charge in [-0.05, 0) is 240 Å². The van der Waals surface area contributed by atoms with E-state index in [0.717, 1.165) is 40.7 Å². The first-order valence-electron chi connectivity index (χ1n) is 40.6. The van der Waals surface area contributed by atoms with E-state index in [1.165, 1.54) is 163 Å². The third-order valence-corrected chi connectivity index (χ3v) is 22.6. The van der Waals surface area contributed by atoms with Crippen LogP contribution >= 0.6 is 0 Å². The second kappa shape index (κ2) is 36.0. The molecule has 16 rings (SSSR count). The van der Waals surface area contributed by atoms with Crippen molar-refractivity contribution in [3.05, 3.63) is 257 Å². The van der Waals surface area contributed by atoms with Gasteiger partial charge in [0.2, 0.25) is 0 Å². The summed E-state index contributed by atoms with van der Waals surface area (Å²) in [7, 11) is 0. The fourth-order valence-electron chi connectivity index (χ4n) is 16.4. The zero-order valence-electron chi connectivity index (χ0n) is 63.6. The van der Waals surface area contributed by atoms with Gasteiger partial charge in [0.25, 0.3) is 0 Å². The summed E-state index contributed by atoms with van der Waals surface area (Å²) in [5.74, 6) is 7.44. The fraction of sp³-hybridized carbons (Fsp3) is 0.351. The number of hydrogen-bond donors (Lipinski definition) is 0. The Labute approximate surface area is 651 Å². The molecule has 3 aromatic heterocycles. The summed E-state index contributed by atoms with van der Waals surface area (Å²) < 4.78 is 51.0. The van der Waals surface area contributed by atoms with E-state index in [1.54, 1.807) is 0 Å². The van der Waals surface area contributed by atoms with Crippen molar-refractivity contribution in [3.63, 3.8) is 0 Å². The van der Waals surface area contributed by atoms with Crippen LogP contribution in [0.3, 0.4) is 0 Å². The topological polar surface area (TPSA) is 190 Å². The third-order valence-electron chi connectivity index (χ3n) is 22.6. The molecule has 17 nitrogen and oxygen atoms in total. The number of benzene rings is 8. The van der Waals surface area contributed by atoms with Crippen molar-refractivity contribution in [3.8, 4) is 99.5 Å². The van der Waals surface area contributed by atoms with Crippen LogP contribution in [0.2, 0.25) is 0 Å². The molecule has 0 N–H and O–H groups in total. The molecule has 0 spiro atoms. The van der Waals surface area contributed by atoms with E-state index in [2.05, 4.69) is 128 Å². The van der Waals surface area contributed by atoms with Gasteiger partial charge in [-0.15, -0.1) is 34.9 Å². The summed E-state index contributed by atoms with van der Waals surface area (Å²) in [5.41, 5.74) is 11.7. The molecule has 17 heteroatoms. The SMILES string of the molecule is CCCC(CC)c1ccc(Cc2nc(Oc3ccc(-c4ccc(Oc5nc(Oc6ccc(C7CCCCC7)cc6)nc(O[C@H]6C=CC(c7ccc(Oc8nc(Oc9ccc(C%10CCCCC%10)cc9)nc(Oc9ccc(C%10CCCCC%10)cc9)n8)cc7)=CC6)n5)cc4)cc3)nc(Oc3ccc(C4CCCCC4)cc3)n2)cc1. The highest BCUT2D eigenvalue weighted by atomic mass is 16.5. The van der Waals surface area contributed by atoms with Gasteiger partial charge in [0.1, 0.15) is 52.2 Å². The fourth-order valence-corrected chi connectivity index (χ4v) is 16.4. The molecule has 4 fully saturated rings. The molecule has 8 aromatic carbocycles. The maximum Gasteiger partial charge on any atom is 0.331 e. The van der Waals surface area contributed by atoms with Crippen molar-refractivity contribution in [2.75, 3.05) is 0 Å². The minimum atomic E-state index is -0.413. The van der Waals surface area contributed by atoms with Gasteiger partial charge in [-0.3, -0.25) is 0 Å². The van der Waals surface area contributed by atoms with E-state index >= 15 is 0 Å². The molecule has 4 saturated carbocycles. The molecular formula is C94H97N9O8. The van der Waals surface area contributed by atoms with Crippen molar-refractivity contribution in [2.24, 2.45) is 0 Å². The predicted octanol–water partition coefficient (Wildman–Crippen LogP) is 25.3. The number of nitrogens with zero attached hydrogens (tertiary/aromatic N) is 9. The molecule has 3 heterocycles. The summed E-state index contributed by atoms with van der Waals surface area (Å²) >= 11 is 0. The summed E-state index contributed by atoms with van der Waals surface area (Å²) in [4.78, 5) is 42.2. The van der Waals surface area contributed by atoms with Gasteiger partial charge in [-0.25, -0.2) is 0 Å². The molecule has 2 atom stereocenters. The first-order valence-corrected chi connectivity index (χ1v) is 40.6. The van der Waals surface area contributed by atoms with Crippen molar-refractivity contribution in [1.82, 2.24) is 44.9 Å². The highest BCUT2D eigenvalue weighted by molar-refractivity contribution is 5.75. The van der Waals surface area contributed by atoms with Gasteiger partial charge >= 0.3 is 48.1 Å². The van der Waals surface area contributed by atoms with Crippen LogP contribution in [0.5, 0.6) is 88.3 Å². The summed E-state index contributed by atoms with van der Waals surface area (Å²) in [6.45, 7) is 4.51. The summed E-state index contributed by atoms with van der Waals surface area (Å²) in [6.07, 6.45) is 35.2. The van der Waals surface area contributed by atoms with E-state index < -0.39 is 6.10 Å². The lowest BCUT2D eigenvalue weighted by molar-refractivity contribution is 0.223. The van der Waals surface area contributed by atoms with Crippen molar-refractivity contribution in [1.29, 1.82) is 0 Å². The number of rotatable bonds is 28. The van der Waals surface area contributed by atoms with Gasteiger partial charge in [-0.1, -0.05) is 219 Å². The van der Waals surface area contributed by atoms with Gasteiger partial charge < -0.3 is 37.9 Å². The lowest BCUT2D eigenvalue weighted by Crippen LogP contribution is -2.17. The average Bonchev–Trinajstić information content (AvgIpc) is 0.826. The Morgan fingerprint density at radius 1 is 0.315 bits per heavy atom. The second-order valence-electron chi connectivity index (χ2n) is 30.3. The van der Waals surface area contributed by atoms with Gasteiger partial charge in [0.15, 0.2) is 0 Å². The number of allylic oxidation sites excluding steroid dienone is 2. The number of hydrogen-bond acceptors (Lipinski definition) is 17. The van der Waals surface area contributed by atoms with Crippen LogP contribution in [0.1, 0.15) is 242 Å². The van der Waals surface area contributed by atoms with E-state index in [-0.39, 0.29) is 48.1 Å². The van der Waals surface area contributed by atoms with Crippen LogP contribution in [0, 0.1) is 0 Å². The molecule has 0 aliphatic heterocycles. The van der Waals surface area contributed by atoms with E-state index in [1.807, 2.05) is 133 Å². The highest BCUT2D eigenvalue weighted by Gasteiger charge is 2.24. The van der Waals surface area contributed by atoms with Crippen LogP contribution in [-0.4, -0.2) is 51.0 Å². The number of aromatic nitrogens is 9. The van der Waals surface area contributed by atoms with Crippen LogP contribution < -0.4 is 37.9 Å². The molecule has 0 saturated heterocycles. The van der Waals surface area contributed by atoms with Crippen molar-refractivity contribution >= 4 is 5.57 Å². The molecule has 5 aliphatic rings. The maximum atomic E-state index is 6.52. The molecule has 5 aliphatic carbocycles. The van der Waals surface area contributed by atoms with Gasteiger partial charge in [0.05, 0.1) is 0 Å². The van der Waals surface area contributed by atoms with E-state index in [9.17, 15) is 0 Å². The van der Waals surface area contributed by atoms with E-state index in [0.29, 0.717) is 88.5 Å². The quantitative estimate of drug-likeness (QED) is 0.0449. The molecular weight excluding hydrogens is 1380 g/mol. The maximum absolute atomic E-state index is 6.52. The van der Waals surface area contributed by atoms with Crippen LogP contribution in [0.15, 0.2) is 212 Å². The van der Waals surface area contributed by atoms with Crippen LogP contribution in [0.25, 0.3) is 16.7 Å². The van der Waals surface area contributed by atoms with Crippen molar-refractivity contribution in [2.45, 2.75) is 210 Å². The van der Waals surface area contributed by atoms with E-state index in [4.69, 9.17) is 47.9 Å². The standard InChI is InChI=1S/C94H97N9O8/c1-3-17-64(4-2)69-28-26-63(27-29-69)62-86-95-87(104-78-46-30-70(31-47-78)65-18-9-5-10-19-65)97-88(96-86)105-79-54-38-74(39-55-79)75-40-56-83(57-41-75)110-93-101-91(108-82-52-36-73(37-53-82)68-24-15-8-16-25-68)102-94(103-93)111-85-60-44-77(45-61-85)76-42-58-84(59-43-76)109-92-99-89(106-80-48-32-71(33-49-80)66-20-11-6-12-21-66)98-90(100-92)107-81-50-34-72(35-51-81)67-22-13-7-14-23-67/h26-60,64-68,85H,3-25,61-62H2,1-2H3/t64?,85-/m0/s1. The van der Waals surface area contributed by atoms with Crippen LogP contribution in [-0.2, 0) is 6.42 Å². The summed E-state index contributed by atoms with van der Waals surface area (Å²) in [6, 6.07) is 65.8. The molecule has 0 radical (unpaired) electrons. The third kappa shape index (κ3) is 19.8. The smallest absolute Gasteiger partial charge is 0.331 e. The molecule has 11 aromatic rings. The minimum absolute atomic E-state index is 0.0119. The minimum Gasteiger partial charge on any atom is -0.455 e. The Morgan fingerprint density at radius 2 is 0.613 bits per heavy atom. The van der Waals surface area contributed by atoms with Gasteiger partial charge in [-0.2, -0.15) is 9.97 Å². The molecule has 1 unspecified atom stereocenters. The summed E-state index contributed by atoms with van der Waals surface area (Å²) in [5, 5.41) is 0. The first kappa shape index (κ1) is 73.8. The Morgan fingerprint density at radius 3 is 0.910 bits per heavy atom. The Hall–Kier alpha value is -11.3. The normalized spacial score (nSPS) is 16.8. The first-order chi connectivity index (χ1) is 54.7. The highest BCUT2D eigenvalue weighted by Crippen LogP contribution is 2.41. The zero-order valence-corrected chi connectivity index (χ0v) is 63.6. The second-order valence-corrected chi connectivity index (χ2v) is 30.3. The molecule has 566 valence electrons. The van der Waals surface area contributed by atoms with Crippen molar-refractivity contribution < 1.29 is 37.9 Å². The molecule has 111 heavy (non-hydrogen) atoms. The lowest BCUT2D eigenvalue weighted by Gasteiger charge is -2.22. The zero-order chi connectivity index (χ0) is 74.9. The predicted molar refractivity (Wildman–Crippen MR) is 431 cm³/mol. The lowest BCUT2D eigenvalue weighted by atomic mass is 9.84. The monoisotopic (exact) mass is 1480 g/mol. The largest absolute Gasteiger partial charge is 0.455 e. The Bertz CT molecular complexity index is 4760. The van der Waals surface area contributed by atoms with Gasteiger partial charge in [0, 0.05) is 12.8 Å². The Kier molecular flexibility index (Phi) is 23.9. The average molecular weight is 1480 g/mol. The molecule has 0 amide bonds. The number of ether oxygens (including phenoxy) is 8. The Balaban J connectivity index is 0.584. The molecule has 0 bridgehead atoms. The van der Waals surface area contributed by atoms with Crippen LogP contribution in [0.4, 0.5) is 0 Å².